The molecule has 0 bridgehead atoms. The molecular weight excluding hydrogens is 262 g/mol. The summed E-state index contributed by atoms with van der Waals surface area (Å²) in [6.07, 6.45) is 8.74. The highest BCUT2D eigenvalue weighted by Gasteiger charge is 2.29. The summed E-state index contributed by atoms with van der Waals surface area (Å²) in [5, 5.41) is 0. The molecule has 114 valence electrons. The van der Waals surface area contributed by atoms with Gasteiger partial charge in [0.25, 0.3) is 0 Å². The zero-order valence-electron chi connectivity index (χ0n) is 12.8. The van der Waals surface area contributed by atoms with Crippen LogP contribution in [-0.2, 0) is 4.74 Å². The lowest BCUT2D eigenvalue weighted by Crippen LogP contribution is -2.31. The van der Waals surface area contributed by atoms with E-state index in [-0.39, 0.29) is 0 Å². The lowest BCUT2D eigenvalue weighted by molar-refractivity contribution is 0.0844. The van der Waals surface area contributed by atoms with E-state index in [1.807, 2.05) is 0 Å². The SMILES string of the molecule is c1c(C2CCOCC2)nc(C2CC2)nc1N1CCCCC1. The third kappa shape index (κ3) is 3.05. The number of nitrogens with zero attached hydrogens (tertiary/aromatic N) is 3. The standard InChI is InChI=1S/C17H25N3O/c1-2-8-20(9-3-1)16-12-15(13-6-10-21-11-7-13)18-17(19-16)14-4-5-14/h12-14H,1-11H2. The van der Waals surface area contributed by atoms with Gasteiger partial charge in [0.15, 0.2) is 0 Å². The highest BCUT2D eigenvalue weighted by Crippen LogP contribution is 2.40. The minimum Gasteiger partial charge on any atom is -0.381 e. The van der Waals surface area contributed by atoms with Gasteiger partial charge in [0, 0.05) is 49.9 Å². The average Bonchev–Trinajstić information content (AvgIpc) is 3.41. The number of anilines is 1. The molecule has 0 aromatic carbocycles. The van der Waals surface area contributed by atoms with Crippen LogP contribution in [0.1, 0.15) is 68.3 Å². The fraction of sp³-hybridized carbons (Fsp3) is 0.765. The Morgan fingerprint density at radius 2 is 1.67 bits per heavy atom. The lowest BCUT2D eigenvalue weighted by atomic mass is 9.96. The fourth-order valence-corrected chi connectivity index (χ4v) is 3.48. The van der Waals surface area contributed by atoms with E-state index in [0.717, 1.165) is 45.0 Å². The summed E-state index contributed by atoms with van der Waals surface area (Å²) >= 11 is 0. The monoisotopic (exact) mass is 287 g/mol. The Morgan fingerprint density at radius 1 is 0.905 bits per heavy atom. The van der Waals surface area contributed by atoms with Gasteiger partial charge >= 0.3 is 0 Å². The molecule has 4 rings (SSSR count). The summed E-state index contributed by atoms with van der Waals surface area (Å²) in [6, 6.07) is 2.27. The molecule has 1 aromatic rings. The number of hydrogen-bond donors (Lipinski definition) is 0. The highest BCUT2D eigenvalue weighted by molar-refractivity contribution is 5.42. The molecule has 1 aromatic heterocycles. The molecule has 1 saturated carbocycles. The van der Waals surface area contributed by atoms with Crippen molar-refractivity contribution in [3.05, 3.63) is 17.6 Å². The molecule has 3 heterocycles. The molecular formula is C17H25N3O. The summed E-state index contributed by atoms with van der Waals surface area (Å²) in [5.74, 6) is 3.50. The van der Waals surface area contributed by atoms with Gasteiger partial charge in [0.1, 0.15) is 11.6 Å². The van der Waals surface area contributed by atoms with Crippen molar-refractivity contribution in [1.82, 2.24) is 9.97 Å². The first kappa shape index (κ1) is 13.5. The maximum absolute atomic E-state index is 5.50. The van der Waals surface area contributed by atoms with Crippen LogP contribution in [0.4, 0.5) is 5.82 Å². The molecule has 3 aliphatic rings. The minimum atomic E-state index is 0.572. The van der Waals surface area contributed by atoms with Gasteiger partial charge in [-0.1, -0.05) is 0 Å². The molecule has 1 aliphatic carbocycles. The van der Waals surface area contributed by atoms with Crippen LogP contribution in [-0.4, -0.2) is 36.3 Å². The van der Waals surface area contributed by atoms with Crippen LogP contribution in [0.2, 0.25) is 0 Å². The molecule has 4 heteroatoms. The highest BCUT2D eigenvalue weighted by atomic mass is 16.5. The summed E-state index contributed by atoms with van der Waals surface area (Å²) in [7, 11) is 0. The third-order valence-electron chi connectivity index (χ3n) is 5.01. The van der Waals surface area contributed by atoms with Crippen LogP contribution in [0.25, 0.3) is 0 Å². The van der Waals surface area contributed by atoms with Gasteiger partial charge in [-0.25, -0.2) is 9.97 Å². The Labute approximate surface area is 126 Å². The van der Waals surface area contributed by atoms with Crippen molar-refractivity contribution in [2.24, 2.45) is 0 Å². The van der Waals surface area contributed by atoms with Crippen LogP contribution in [0.5, 0.6) is 0 Å². The van der Waals surface area contributed by atoms with E-state index < -0.39 is 0 Å². The van der Waals surface area contributed by atoms with Crippen LogP contribution in [0.15, 0.2) is 6.07 Å². The fourth-order valence-electron chi connectivity index (χ4n) is 3.48. The minimum absolute atomic E-state index is 0.572. The Kier molecular flexibility index (Phi) is 3.80. The number of aromatic nitrogens is 2. The molecule has 0 unspecified atom stereocenters. The molecule has 0 atom stereocenters. The zero-order valence-corrected chi connectivity index (χ0v) is 12.8. The first-order chi connectivity index (χ1) is 10.4. The molecule has 3 fully saturated rings. The maximum atomic E-state index is 5.50. The Bertz CT molecular complexity index is 453. The van der Waals surface area contributed by atoms with Gasteiger partial charge in [-0.3, -0.25) is 0 Å². The van der Waals surface area contributed by atoms with Crippen LogP contribution in [0, 0.1) is 0 Å². The number of rotatable bonds is 3. The van der Waals surface area contributed by atoms with Gasteiger partial charge < -0.3 is 9.64 Å². The van der Waals surface area contributed by atoms with E-state index in [4.69, 9.17) is 14.7 Å². The van der Waals surface area contributed by atoms with Crippen molar-refractivity contribution in [2.45, 2.75) is 56.8 Å². The van der Waals surface area contributed by atoms with E-state index in [1.54, 1.807) is 0 Å². The third-order valence-corrected chi connectivity index (χ3v) is 5.01. The Hall–Kier alpha value is -1.16. The van der Waals surface area contributed by atoms with Crippen molar-refractivity contribution in [1.29, 1.82) is 0 Å². The van der Waals surface area contributed by atoms with Crippen molar-refractivity contribution in [3.63, 3.8) is 0 Å². The predicted octanol–water partition coefficient (Wildman–Crippen LogP) is 3.24. The molecule has 2 saturated heterocycles. The van der Waals surface area contributed by atoms with Crippen LogP contribution in [0.3, 0.4) is 0 Å². The maximum Gasteiger partial charge on any atom is 0.134 e. The topological polar surface area (TPSA) is 38.3 Å². The number of ether oxygens (including phenoxy) is 1. The van der Waals surface area contributed by atoms with E-state index >= 15 is 0 Å². The second kappa shape index (κ2) is 5.91. The Morgan fingerprint density at radius 3 is 2.38 bits per heavy atom. The van der Waals surface area contributed by atoms with E-state index in [0.29, 0.717) is 11.8 Å². The number of piperidine rings is 1. The lowest BCUT2D eigenvalue weighted by Gasteiger charge is -2.29. The first-order valence-corrected chi connectivity index (χ1v) is 8.62. The van der Waals surface area contributed by atoms with E-state index in [2.05, 4.69) is 11.0 Å². The summed E-state index contributed by atoms with van der Waals surface area (Å²) in [5.41, 5.74) is 1.27. The van der Waals surface area contributed by atoms with Crippen molar-refractivity contribution < 1.29 is 4.74 Å². The number of hydrogen-bond acceptors (Lipinski definition) is 4. The largest absolute Gasteiger partial charge is 0.381 e. The average molecular weight is 287 g/mol. The second-order valence-corrected chi connectivity index (χ2v) is 6.72. The Balaban J connectivity index is 1.63. The quantitative estimate of drug-likeness (QED) is 0.855. The van der Waals surface area contributed by atoms with Gasteiger partial charge in [-0.05, 0) is 44.9 Å². The molecule has 0 N–H and O–H groups in total. The molecule has 0 spiro atoms. The van der Waals surface area contributed by atoms with Crippen molar-refractivity contribution in [2.75, 3.05) is 31.2 Å². The predicted molar refractivity (Wildman–Crippen MR) is 82.9 cm³/mol. The van der Waals surface area contributed by atoms with Crippen LogP contribution < -0.4 is 4.90 Å². The van der Waals surface area contributed by atoms with E-state index in [9.17, 15) is 0 Å². The molecule has 2 aliphatic heterocycles. The molecule has 21 heavy (non-hydrogen) atoms. The van der Waals surface area contributed by atoms with Crippen molar-refractivity contribution >= 4 is 5.82 Å². The molecule has 0 radical (unpaired) electrons. The summed E-state index contributed by atoms with van der Waals surface area (Å²) in [4.78, 5) is 12.3. The molecule has 0 amide bonds. The second-order valence-electron chi connectivity index (χ2n) is 6.72. The van der Waals surface area contributed by atoms with Crippen LogP contribution >= 0.6 is 0 Å². The van der Waals surface area contributed by atoms with Gasteiger partial charge in [-0.2, -0.15) is 0 Å². The first-order valence-electron chi connectivity index (χ1n) is 8.62. The van der Waals surface area contributed by atoms with Gasteiger partial charge in [0.05, 0.1) is 0 Å². The molecule has 4 nitrogen and oxygen atoms in total. The zero-order chi connectivity index (χ0) is 14.1. The van der Waals surface area contributed by atoms with E-state index in [1.165, 1.54) is 43.6 Å². The van der Waals surface area contributed by atoms with Gasteiger partial charge in [-0.15, -0.1) is 0 Å². The smallest absolute Gasteiger partial charge is 0.134 e. The summed E-state index contributed by atoms with van der Waals surface area (Å²) < 4.78 is 5.50. The van der Waals surface area contributed by atoms with Crippen molar-refractivity contribution in [3.8, 4) is 0 Å². The van der Waals surface area contributed by atoms with Gasteiger partial charge in [0.2, 0.25) is 0 Å². The summed E-state index contributed by atoms with van der Waals surface area (Å²) in [6.45, 7) is 4.08. The normalized spacial score (nSPS) is 24.3.